The number of carbonyl (C=O) groups is 4. The fraction of sp³-hybridized carbons (Fsp3) is 0.800. The number of hydrogen-bond donors (Lipinski definition) is 2. The number of carbonyl (C=O) groups excluding carboxylic acids is 3. The highest BCUT2D eigenvalue weighted by molar-refractivity contribution is 7.86. The number of carboxylic acids is 1. The summed E-state index contributed by atoms with van der Waals surface area (Å²) in [4.78, 5) is 46.3. The first-order chi connectivity index (χ1) is 15.1. The first-order valence-electron chi connectivity index (χ1n) is 10.5. The molecular formula is C20H35NO11S. The van der Waals surface area contributed by atoms with Crippen molar-refractivity contribution >= 4 is 34.1 Å². The molecule has 12 nitrogen and oxygen atoms in total. The van der Waals surface area contributed by atoms with Gasteiger partial charge in [0.25, 0.3) is 10.1 Å². The molecule has 0 spiro atoms. The summed E-state index contributed by atoms with van der Waals surface area (Å²) < 4.78 is 45.0. The Balaban J connectivity index is 5.66. The van der Waals surface area contributed by atoms with Crippen molar-refractivity contribution in [3.63, 3.8) is 0 Å². The molecule has 1 unspecified atom stereocenters. The van der Waals surface area contributed by atoms with E-state index >= 15 is 0 Å². The van der Waals surface area contributed by atoms with E-state index in [0.29, 0.717) is 0 Å². The van der Waals surface area contributed by atoms with Crippen LogP contribution in [0.4, 0.5) is 4.79 Å². The molecule has 0 aromatic heterocycles. The highest BCUT2D eigenvalue weighted by Gasteiger charge is 2.47. The van der Waals surface area contributed by atoms with Gasteiger partial charge in [-0.15, -0.1) is 0 Å². The lowest BCUT2D eigenvalue weighted by molar-refractivity contribution is -0.179. The lowest BCUT2D eigenvalue weighted by atomic mass is 9.79. The fourth-order valence-corrected chi connectivity index (χ4v) is 3.93. The van der Waals surface area contributed by atoms with Gasteiger partial charge in [0, 0.05) is 25.3 Å². The summed E-state index contributed by atoms with van der Waals surface area (Å²) in [6.45, 7) is 8.49. The van der Waals surface area contributed by atoms with E-state index in [1.807, 2.05) is 0 Å². The molecule has 33 heavy (non-hydrogen) atoms. The average Bonchev–Trinajstić information content (AvgIpc) is 2.67. The molecule has 0 aliphatic carbocycles. The van der Waals surface area contributed by atoms with Gasteiger partial charge >= 0.3 is 18.1 Å². The van der Waals surface area contributed by atoms with Crippen LogP contribution >= 0.6 is 0 Å². The van der Waals surface area contributed by atoms with Crippen LogP contribution in [0.15, 0.2) is 0 Å². The topological polar surface area (TPSA) is 172 Å². The maximum Gasteiger partial charge on any atom is 0.508 e. The van der Waals surface area contributed by atoms with E-state index in [1.54, 1.807) is 6.92 Å². The summed E-state index contributed by atoms with van der Waals surface area (Å²) in [5, 5.41) is 12.1. The van der Waals surface area contributed by atoms with E-state index < -0.39 is 57.5 Å². The molecule has 0 aliphatic heterocycles. The molecule has 0 aromatic rings. The normalized spacial score (nSPS) is 13.7. The molecule has 13 heteroatoms. The van der Waals surface area contributed by atoms with E-state index in [0.717, 1.165) is 0 Å². The SMILES string of the molecule is CCOC(=O)OCCC(OS(=O)(=O)CCCNC(C)=O)C(C)(C)[C@@H](OC(=O)C(C)C)C(=O)O. The molecule has 0 saturated heterocycles. The number of carboxylic acid groups (broad SMARTS) is 1. The van der Waals surface area contributed by atoms with Crippen molar-refractivity contribution in [3.8, 4) is 0 Å². The van der Waals surface area contributed by atoms with Crippen molar-refractivity contribution in [2.45, 2.75) is 66.6 Å². The lowest BCUT2D eigenvalue weighted by Gasteiger charge is -2.37. The largest absolute Gasteiger partial charge is 0.508 e. The summed E-state index contributed by atoms with van der Waals surface area (Å²) in [6, 6.07) is 0. The second-order valence-electron chi connectivity index (χ2n) is 8.13. The van der Waals surface area contributed by atoms with Crippen molar-refractivity contribution in [2.75, 3.05) is 25.5 Å². The monoisotopic (exact) mass is 497 g/mol. The van der Waals surface area contributed by atoms with E-state index in [1.165, 1.54) is 34.6 Å². The van der Waals surface area contributed by atoms with Gasteiger partial charge in [-0.05, 0) is 13.3 Å². The number of nitrogens with one attached hydrogen (secondary N) is 1. The van der Waals surface area contributed by atoms with Gasteiger partial charge in [-0.25, -0.2) is 9.59 Å². The zero-order chi connectivity index (χ0) is 25.8. The predicted molar refractivity (Wildman–Crippen MR) is 116 cm³/mol. The minimum Gasteiger partial charge on any atom is -0.478 e. The lowest BCUT2D eigenvalue weighted by Crippen LogP contribution is -2.50. The molecule has 2 N–H and O–H groups in total. The Morgan fingerprint density at radius 1 is 1.09 bits per heavy atom. The first kappa shape index (κ1) is 30.6. The Hall–Kier alpha value is -2.41. The molecule has 192 valence electrons. The molecule has 0 aliphatic rings. The highest BCUT2D eigenvalue weighted by Crippen LogP contribution is 2.34. The number of esters is 1. The van der Waals surface area contributed by atoms with E-state index in [4.69, 9.17) is 13.7 Å². The van der Waals surface area contributed by atoms with Crippen LogP contribution in [-0.2, 0) is 42.9 Å². The van der Waals surface area contributed by atoms with Gasteiger partial charge in [0.15, 0.2) is 0 Å². The average molecular weight is 498 g/mol. The van der Waals surface area contributed by atoms with Gasteiger partial charge < -0.3 is 24.6 Å². The minimum atomic E-state index is -4.18. The molecule has 0 heterocycles. The molecule has 0 radical (unpaired) electrons. The minimum absolute atomic E-state index is 0.0546. The van der Waals surface area contributed by atoms with Gasteiger partial charge in [-0.1, -0.05) is 27.7 Å². The number of aliphatic carboxylic acids is 1. The number of amides is 1. The Morgan fingerprint density at radius 2 is 1.70 bits per heavy atom. The zero-order valence-corrected chi connectivity index (χ0v) is 20.7. The van der Waals surface area contributed by atoms with Gasteiger partial charge in [0.1, 0.15) is 0 Å². The second kappa shape index (κ2) is 14.0. The zero-order valence-electron chi connectivity index (χ0n) is 19.9. The van der Waals surface area contributed by atoms with Gasteiger partial charge in [-0.2, -0.15) is 8.42 Å². The predicted octanol–water partition coefficient (Wildman–Crippen LogP) is 1.47. The van der Waals surface area contributed by atoms with Crippen LogP contribution in [0.1, 0.15) is 54.4 Å². The molecular weight excluding hydrogens is 462 g/mol. The van der Waals surface area contributed by atoms with Crippen LogP contribution in [0.25, 0.3) is 0 Å². The Morgan fingerprint density at radius 3 is 2.18 bits per heavy atom. The number of ether oxygens (including phenoxy) is 3. The van der Waals surface area contributed by atoms with E-state index in [9.17, 15) is 32.7 Å². The van der Waals surface area contributed by atoms with Gasteiger partial charge in [-0.3, -0.25) is 13.8 Å². The Labute approximate surface area is 194 Å². The standard InChI is InChI=1S/C20H35NO11S/c1-7-29-19(26)30-11-9-15(32-33(27,28)12-8-10-21-14(4)22)20(5,6)16(17(23)24)31-18(25)13(2)3/h13,15-16H,7-12H2,1-6H3,(H,21,22)(H,23,24)/t15?,16-/m0/s1. The van der Waals surface area contributed by atoms with Gasteiger partial charge in [0.2, 0.25) is 12.0 Å². The van der Waals surface area contributed by atoms with Crippen molar-refractivity contribution in [1.82, 2.24) is 5.32 Å². The summed E-state index contributed by atoms with van der Waals surface area (Å²) in [6.07, 6.45) is -4.22. The maximum absolute atomic E-state index is 12.5. The van der Waals surface area contributed by atoms with Crippen LogP contribution in [0, 0.1) is 11.3 Å². The summed E-state index contributed by atoms with van der Waals surface area (Å²) in [7, 11) is -4.18. The van der Waals surface area contributed by atoms with E-state index in [2.05, 4.69) is 10.1 Å². The summed E-state index contributed by atoms with van der Waals surface area (Å²) >= 11 is 0. The van der Waals surface area contributed by atoms with E-state index in [-0.39, 0.29) is 38.5 Å². The van der Waals surface area contributed by atoms with Gasteiger partial charge in [0.05, 0.1) is 31.0 Å². The second-order valence-corrected chi connectivity index (χ2v) is 9.85. The van der Waals surface area contributed by atoms with Crippen LogP contribution in [0.3, 0.4) is 0 Å². The molecule has 0 fully saturated rings. The molecule has 0 rings (SSSR count). The van der Waals surface area contributed by atoms with Crippen LogP contribution in [0.2, 0.25) is 0 Å². The maximum atomic E-state index is 12.5. The molecule has 0 saturated carbocycles. The highest BCUT2D eigenvalue weighted by atomic mass is 32.2. The smallest absolute Gasteiger partial charge is 0.478 e. The fourth-order valence-electron chi connectivity index (χ4n) is 2.63. The summed E-state index contributed by atoms with van der Waals surface area (Å²) in [5.74, 6) is -3.67. The quantitative estimate of drug-likeness (QED) is 0.191. The van der Waals surface area contributed by atoms with Crippen molar-refractivity contribution in [3.05, 3.63) is 0 Å². The van der Waals surface area contributed by atoms with Crippen molar-refractivity contribution in [2.24, 2.45) is 11.3 Å². The van der Waals surface area contributed by atoms with Crippen LogP contribution in [0.5, 0.6) is 0 Å². The third-order valence-electron chi connectivity index (χ3n) is 4.51. The third-order valence-corrected chi connectivity index (χ3v) is 5.82. The Bertz CT molecular complexity index is 777. The van der Waals surface area contributed by atoms with Crippen molar-refractivity contribution in [1.29, 1.82) is 0 Å². The first-order valence-corrected chi connectivity index (χ1v) is 12.1. The molecule has 0 aromatic carbocycles. The number of hydrogen-bond acceptors (Lipinski definition) is 10. The third kappa shape index (κ3) is 11.9. The summed E-state index contributed by atoms with van der Waals surface area (Å²) in [5.41, 5.74) is -1.54. The molecule has 0 bridgehead atoms. The Kier molecular flexibility index (Phi) is 13.0. The van der Waals surface area contributed by atoms with Crippen LogP contribution in [-0.4, -0.2) is 75.2 Å². The van der Waals surface area contributed by atoms with Crippen molar-refractivity contribution < 1.29 is 51.1 Å². The van der Waals surface area contributed by atoms with Crippen LogP contribution < -0.4 is 5.32 Å². The number of rotatable bonds is 15. The molecule has 2 atom stereocenters. The molecule has 1 amide bonds.